The number of benzene rings is 1. The molecule has 0 unspecified atom stereocenters. The van der Waals surface area contributed by atoms with Crippen molar-refractivity contribution >= 4 is 16.8 Å². The molecule has 1 aromatic rings. The molecular weight excluding hydrogens is 166 g/mol. The third-order valence-corrected chi connectivity index (χ3v) is 2.27. The minimum atomic E-state index is -0.361. The van der Waals surface area contributed by atoms with Gasteiger partial charge >= 0.3 is 0 Å². The van der Waals surface area contributed by atoms with E-state index >= 15 is 0 Å². The number of primary amides is 1. The molecule has 3 rings (SSSR count). The van der Waals surface area contributed by atoms with E-state index in [4.69, 9.17) is 5.73 Å². The first-order valence-corrected chi connectivity index (χ1v) is 4.04. The van der Waals surface area contributed by atoms with Gasteiger partial charge in [0, 0.05) is 10.9 Å². The van der Waals surface area contributed by atoms with Crippen molar-refractivity contribution in [2.75, 3.05) is 0 Å². The van der Waals surface area contributed by atoms with Crippen molar-refractivity contribution < 1.29 is 4.79 Å². The van der Waals surface area contributed by atoms with E-state index in [1.165, 1.54) is 11.1 Å². The summed E-state index contributed by atoms with van der Waals surface area (Å²) in [6.45, 7) is 0.161. The second kappa shape index (κ2) is 1.90. The molecule has 4 nitrogen and oxygen atoms in total. The fraction of sp³-hybridized carbons (Fsp3) is 0.111. The van der Waals surface area contributed by atoms with Gasteiger partial charge in [0.1, 0.15) is 6.54 Å². The first-order valence-electron chi connectivity index (χ1n) is 4.04. The molecule has 2 N–H and O–H groups in total. The highest BCUT2D eigenvalue weighted by Crippen LogP contribution is 2.42. The topological polar surface area (TPSA) is 60.9 Å². The lowest BCUT2D eigenvalue weighted by molar-refractivity contribution is -0.118. The predicted molar refractivity (Wildman–Crippen MR) is 47.9 cm³/mol. The van der Waals surface area contributed by atoms with Gasteiger partial charge in [-0.15, -0.1) is 0 Å². The second-order valence-corrected chi connectivity index (χ2v) is 3.23. The van der Waals surface area contributed by atoms with Crippen molar-refractivity contribution in [3.8, 4) is 11.1 Å². The van der Waals surface area contributed by atoms with Gasteiger partial charge < -0.3 is 5.73 Å². The van der Waals surface area contributed by atoms with Crippen LogP contribution in [0.1, 0.15) is 0 Å². The van der Waals surface area contributed by atoms with E-state index in [1.54, 1.807) is 10.9 Å². The van der Waals surface area contributed by atoms with Crippen LogP contribution in [0.5, 0.6) is 0 Å². The highest BCUT2D eigenvalue weighted by Gasteiger charge is 2.21. The molecule has 2 aliphatic carbocycles. The molecule has 0 saturated carbocycles. The lowest BCUT2D eigenvalue weighted by Gasteiger charge is -1.96. The minimum absolute atomic E-state index is 0.161. The molecule has 0 spiro atoms. The van der Waals surface area contributed by atoms with Crippen LogP contribution in [0.4, 0.5) is 0 Å². The number of hydrogen-bond acceptors (Lipinski definition) is 2. The number of nitrogens with two attached hydrogens (primary N) is 1. The van der Waals surface area contributed by atoms with Crippen molar-refractivity contribution in [2.45, 2.75) is 6.54 Å². The molecule has 4 heteroatoms. The number of fused-ring (bicyclic) bond motifs is 3. The first kappa shape index (κ1) is 6.65. The average molecular weight is 173 g/mol. The summed E-state index contributed by atoms with van der Waals surface area (Å²) in [6, 6.07) is 4.14. The van der Waals surface area contributed by atoms with Gasteiger partial charge in [-0.05, 0) is 17.7 Å². The Hall–Kier alpha value is -1.84. The standard InChI is InChI=1S/C9H7N3O/c10-8(13)4-12-9-6(3-11-12)1-5-2-7(5)9/h1-3H,4H2,(H2,10,13). The van der Waals surface area contributed by atoms with Crippen molar-refractivity contribution in [1.82, 2.24) is 9.78 Å². The minimum Gasteiger partial charge on any atom is -0.368 e. The summed E-state index contributed by atoms with van der Waals surface area (Å²) >= 11 is 0. The van der Waals surface area contributed by atoms with E-state index in [9.17, 15) is 4.79 Å². The van der Waals surface area contributed by atoms with Crippen LogP contribution in [0.15, 0.2) is 18.3 Å². The Morgan fingerprint density at radius 2 is 2.38 bits per heavy atom. The molecule has 64 valence electrons. The Bertz CT molecular complexity index is 527. The molecule has 2 aliphatic rings. The van der Waals surface area contributed by atoms with E-state index in [0.29, 0.717) is 0 Å². The summed E-state index contributed by atoms with van der Waals surface area (Å²) in [5, 5.41) is 5.18. The summed E-state index contributed by atoms with van der Waals surface area (Å²) in [6.07, 6.45) is 1.76. The first-order chi connectivity index (χ1) is 6.25. The van der Waals surface area contributed by atoms with Crippen LogP contribution in [0.2, 0.25) is 0 Å². The van der Waals surface area contributed by atoms with Gasteiger partial charge in [-0.3, -0.25) is 9.48 Å². The van der Waals surface area contributed by atoms with E-state index in [2.05, 4.69) is 17.2 Å². The fourth-order valence-electron chi connectivity index (χ4n) is 1.68. The van der Waals surface area contributed by atoms with Crippen LogP contribution in [-0.4, -0.2) is 15.7 Å². The molecule has 0 aliphatic heterocycles. The number of hydrogen-bond donors (Lipinski definition) is 1. The molecule has 1 aromatic heterocycles. The van der Waals surface area contributed by atoms with Crippen LogP contribution in [0.3, 0.4) is 0 Å². The summed E-state index contributed by atoms with van der Waals surface area (Å²) in [4.78, 5) is 10.7. The second-order valence-electron chi connectivity index (χ2n) is 3.23. The van der Waals surface area contributed by atoms with Gasteiger partial charge in [-0.1, -0.05) is 0 Å². The van der Waals surface area contributed by atoms with Gasteiger partial charge in [-0.25, -0.2) is 0 Å². The molecule has 0 radical (unpaired) electrons. The maximum absolute atomic E-state index is 10.7. The predicted octanol–water partition coefficient (Wildman–Crippen LogP) is 0.502. The Morgan fingerprint density at radius 1 is 1.54 bits per heavy atom. The molecule has 0 saturated heterocycles. The lowest BCUT2D eigenvalue weighted by Crippen LogP contribution is -2.19. The highest BCUT2D eigenvalue weighted by molar-refractivity contribution is 6.07. The summed E-state index contributed by atoms with van der Waals surface area (Å²) in [7, 11) is 0. The SMILES string of the molecule is NC(=O)Cn1ncc2cc3cc-3c21. The van der Waals surface area contributed by atoms with E-state index in [0.717, 1.165) is 10.9 Å². The molecule has 0 bridgehead atoms. The normalized spacial score (nSPS) is 12.0. The molecule has 1 heterocycles. The molecule has 0 aromatic carbocycles. The molecule has 0 fully saturated rings. The van der Waals surface area contributed by atoms with Crippen molar-refractivity contribution in [3.05, 3.63) is 18.3 Å². The smallest absolute Gasteiger partial charge is 0.239 e. The third kappa shape index (κ3) is 0.796. The zero-order valence-corrected chi connectivity index (χ0v) is 6.82. The zero-order chi connectivity index (χ0) is 9.00. The average Bonchev–Trinajstić information content (AvgIpc) is 2.56. The van der Waals surface area contributed by atoms with E-state index in [1.807, 2.05) is 0 Å². The van der Waals surface area contributed by atoms with Crippen LogP contribution in [0, 0.1) is 0 Å². The Labute approximate surface area is 73.9 Å². The molecule has 0 atom stereocenters. The van der Waals surface area contributed by atoms with Gasteiger partial charge in [0.25, 0.3) is 0 Å². The fourth-order valence-corrected chi connectivity index (χ4v) is 1.68. The van der Waals surface area contributed by atoms with Crippen molar-refractivity contribution in [3.63, 3.8) is 0 Å². The van der Waals surface area contributed by atoms with E-state index < -0.39 is 0 Å². The molecule has 1 amide bonds. The lowest BCUT2D eigenvalue weighted by atomic mass is 10.4. The van der Waals surface area contributed by atoms with Gasteiger partial charge in [0.05, 0.1) is 11.7 Å². The van der Waals surface area contributed by atoms with Crippen LogP contribution < -0.4 is 5.73 Å². The molecular formula is C9H7N3O. The number of aromatic nitrogens is 2. The largest absolute Gasteiger partial charge is 0.368 e. The zero-order valence-electron chi connectivity index (χ0n) is 6.82. The van der Waals surface area contributed by atoms with Crippen LogP contribution >= 0.6 is 0 Å². The Morgan fingerprint density at radius 3 is 3.15 bits per heavy atom. The number of carbonyl (C=O) groups is 1. The van der Waals surface area contributed by atoms with Crippen molar-refractivity contribution in [2.24, 2.45) is 5.73 Å². The van der Waals surface area contributed by atoms with Gasteiger partial charge in [0.2, 0.25) is 5.91 Å². The van der Waals surface area contributed by atoms with Gasteiger partial charge in [-0.2, -0.15) is 5.10 Å². The highest BCUT2D eigenvalue weighted by atomic mass is 16.1. The number of carbonyl (C=O) groups excluding carboxylic acids is 1. The quantitative estimate of drug-likeness (QED) is 0.613. The van der Waals surface area contributed by atoms with Crippen molar-refractivity contribution in [1.29, 1.82) is 0 Å². The summed E-state index contributed by atoms with van der Waals surface area (Å²) in [5.74, 6) is -0.361. The summed E-state index contributed by atoms with van der Waals surface area (Å²) < 4.78 is 1.65. The van der Waals surface area contributed by atoms with Gasteiger partial charge in [0.15, 0.2) is 0 Å². The van der Waals surface area contributed by atoms with Crippen LogP contribution in [0.25, 0.3) is 22.0 Å². The molecule has 13 heavy (non-hydrogen) atoms. The third-order valence-electron chi connectivity index (χ3n) is 2.27. The maximum Gasteiger partial charge on any atom is 0.239 e. The summed E-state index contributed by atoms with van der Waals surface area (Å²) in [5.41, 5.74) is 8.59. The Kier molecular flexibility index (Phi) is 0.974. The van der Waals surface area contributed by atoms with Crippen LogP contribution in [-0.2, 0) is 11.3 Å². The maximum atomic E-state index is 10.7. The number of amides is 1. The number of nitrogens with zero attached hydrogens (tertiary/aromatic N) is 2. The Balaban J connectivity index is 2.19. The monoisotopic (exact) mass is 173 g/mol. The van der Waals surface area contributed by atoms with E-state index in [-0.39, 0.29) is 12.5 Å². The number of rotatable bonds is 2.